The van der Waals surface area contributed by atoms with Crippen LogP contribution < -0.4 is 0 Å². The number of hydrogen-bond acceptors (Lipinski definition) is 7. The summed E-state index contributed by atoms with van der Waals surface area (Å²) in [5.41, 5.74) is 14.0. The van der Waals surface area contributed by atoms with Crippen molar-refractivity contribution in [1.82, 2.24) is 34.5 Å². The summed E-state index contributed by atoms with van der Waals surface area (Å²) in [5.74, 6) is 3.59. The molecule has 4 aromatic heterocycles. The predicted molar refractivity (Wildman–Crippen MR) is 298 cm³/mol. The van der Waals surface area contributed by atoms with Gasteiger partial charge in [0.05, 0.1) is 16.4 Å². The van der Waals surface area contributed by atoms with Crippen LogP contribution in [0.3, 0.4) is 0 Å². The molecule has 14 rings (SSSR count). The first kappa shape index (κ1) is 42.7. The van der Waals surface area contributed by atoms with Gasteiger partial charge in [0.25, 0.3) is 0 Å². The van der Waals surface area contributed by atoms with Gasteiger partial charge in [0.15, 0.2) is 34.9 Å². The van der Waals surface area contributed by atoms with Crippen molar-refractivity contribution in [3.63, 3.8) is 0 Å². The maximum atomic E-state index is 7.42. The number of aromatic nitrogens is 7. The molecule has 4 heterocycles. The maximum absolute atomic E-state index is 7.42. The number of furan rings is 1. The number of nitrogens with zero attached hydrogens (tertiary/aromatic N) is 7. The Kier molecular flexibility index (Phi) is 10.3. The van der Waals surface area contributed by atoms with E-state index in [1.165, 1.54) is 0 Å². The lowest BCUT2D eigenvalue weighted by atomic mass is 9.96. The van der Waals surface area contributed by atoms with E-state index in [9.17, 15) is 0 Å². The summed E-state index contributed by atoms with van der Waals surface area (Å²) in [7, 11) is 0. The Hall–Kier alpha value is -10.2. The van der Waals surface area contributed by atoms with E-state index in [1.807, 2.05) is 121 Å². The van der Waals surface area contributed by atoms with Gasteiger partial charge in [-0.25, -0.2) is 29.9 Å². The lowest BCUT2D eigenvalue weighted by Crippen LogP contribution is -2.00. The van der Waals surface area contributed by atoms with Crippen LogP contribution in [0.15, 0.2) is 253 Å². The summed E-state index contributed by atoms with van der Waals surface area (Å²) in [6.07, 6.45) is 0. The van der Waals surface area contributed by atoms with E-state index in [0.29, 0.717) is 34.9 Å². The van der Waals surface area contributed by atoms with Gasteiger partial charge in [-0.05, 0) is 47.5 Å². The Bertz CT molecular complexity index is 4290. The SMILES string of the molecule is c1ccc(-c2nc(-c3ccccc3)nc(-c3cccc(-c4cccc5c4oc4c(-c6cccc(-c7nc(-c8ccccc8)nc(-c8ccccc8)n7)c6)cc6c7ccccc7n(-c7ccccc7)c6c45)c3)n2)cc1. The quantitative estimate of drug-likeness (QED) is 0.142. The molecule has 0 fully saturated rings. The highest BCUT2D eigenvalue weighted by molar-refractivity contribution is 6.28. The molecule has 0 aliphatic carbocycles. The summed E-state index contributed by atoms with van der Waals surface area (Å²) in [6.45, 7) is 0. The van der Waals surface area contributed by atoms with E-state index in [0.717, 1.165) is 105 Å². The molecular weight excluding hydrogens is 907 g/mol. The minimum atomic E-state index is 0.578. The first-order valence-corrected chi connectivity index (χ1v) is 24.6. The zero-order chi connectivity index (χ0) is 49.0. The van der Waals surface area contributed by atoms with Crippen molar-refractivity contribution in [2.24, 2.45) is 0 Å². The van der Waals surface area contributed by atoms with E-state index in [-0.39, 0.29) is 0 Å². The third kappa shape index (κ3) is 7.48. The summed E-state index contributed by atoms with van der Waals surface area (Å²) < 4.78 is 9.80. The zero-order valence-electron chi connectivity index (χ0n) is 39.7. The molecule has 0 saturated carbocycles. The first-order valence-electron chi connectivity index (χ1n) is 24.6. The van der Waals surface area contributed by atoms with Crippen LogP contribution in [-0.2, 0) is 0 Å². The van der Waals surface area contributed by atoms with Gasteiger partial charge in [0, 0.05) is 66.4 Å². The van der Waals surface area contributed by atoms with E-state index in [1.54, 1.807) is 0 Å². The molecule has 0 saturated heterocycles. The number of rotatable bonds is 9. The average molecular weight is 948 g/mol. The molecule has 10 aromatic carbocycles. The highest BCUT2D eigenvalue weighted by atomic mass is 16.3. The zero-order valence-corrected chi connectivity index (χ0v) is 39.7. The van der Waals surface area contributed by atoms with Crippen LogP contribution in [-0.4, -0.2) is 34.5 Å². The molecule has 0 aliphatic heterocycles. The predicted octanol–water partition coefficient (Wildman–Crippen LogP) is 16.4. The highest BCUT2D eigenvalue weighted by Crippen LogP contribution is 2.47. The smallest absolute Gasteiger partial charge is 0.164 e. The number of benzene rings is 10. The van der Waals surface area contributed by atoms with Crippen molar-refractivity contribution in [2.75, 3.05) is 0 Å². The number of fused-ring (bicyclic) bond motifs is 7. The fourth-order valence-electron chi connectivity index (χ4n) is 10.2. The molecule has 0 bridgehead atoms. The molecule has 0 unspecified atom stereocenters. The van der Waals surface area contributed by atoms with E-state index >= 15 is 0 Å². The van der Waals surface area contributed by atoms with Crippen LogP contribution in [0.25, 0.3) is 140 Å². The van der Waals surface area contributed by atoms with Gasteiger partial charge in [-0.3, -0.25) is 0 Å². The third-order valence-corrected chi connectivity index (χ3v) is 13.7. The second-order valence-electron chi connectivity index (χ2n) is 18.2. The summed E-state index contributed by atoms with van der Waals surface area (Å²) in [6, 6.07) is 85.2. The third-order valence-electron chi connectivity index (χ3n) is 13.7. The normalized spacial score (nSPS) is 11.5. The van der Waals surface area contributed by atoms with Crippen LogP contribution in [0, 0.1) is 0 Å². The lowest BCUT2D eigenvalue weighted by molar-refractivity contribution is 0.671. The Morgan fingerprint density at radius 2 is 0.649 bits per heavy atom. The molecular formula is C66H41N7O. The lowest BCUT2D eigenvalue weighted by Gasteiger charge is -2.11. The van der Waals surface area contributed by atoms with Crippen LogP contribution in [0.2, 0.25) is 0 Å². The van der Waals surface area contributed by atoms with E-state index in [2.05, 4.69) is 132 Å². The second-order valence-corrected chi connectivity index (χ2v) is 18.2. The molecule has 14 aromatic rings. The topological polar surface area (TPSA) is 95.4 Å². The summed E-state index contributed by atoms with van der Waals surface area (Å²) >= 11 is 0. The highest BCUT2D eigenvalue weighted by Gasteiger charge is 2.25. The Morgan fingerprint density at radius 1 is 0.270 bits per heavy atom. The molecule has 346 valence electrons. The van der Waals surface area contributed by atoms with E-state index < -0.39 is 0 Å². The molecule has 0 spiro atoms. The standard InChI is InChI=1S/C66H41N7O/c1-6-21-42(22-7-1)61-67-62(43-23-8-2-9-24-43)70-65(69-61)48-31-18-29-46(39-48)51-36-20-37-53-57-58-55(52-35-16-17-38-56(52)73(58)50-33-14-5-15-34-50)41-54(60(57)74-59(51)53)47-30-19-32-49(40-47)66-71-63(44-25-10-3-11-26-44)68-64(72-66)45-27-12-4-13-28-45/h1-41H. The molecule has 0 N–H and O–H groups in total. The van der Waals surface area contributed by atoms with E-state index in [4.69, 9.17) is 34.3 Å². The van der Waals surface area contributed by atoms with Crippen LogP contribution >= 0.6 is 0 Å². The fraction of sp³-hybridized carbons (Fsp3) is 0. The van der Waals surface area contributed by atoms with Crippen molar-refractivity contribution in [3.05, 3.63) is 249 Å². The van der Waals surface area contributed by atoms with Crippen molar-refractivity contribution in [1.29, 1.82) is 0 Å². The fourth-order valence-corrected chi connectivity index (χ4v) is 10.2. The maximum Gasteiger partial charge on any atom is 0.164 e. The van der Waals surface area contributed by atoms with Gasteiger partial charge in [-0.1, -0.05) is 212 Å². The van der Waals surface area contributed by atoms with Crippen LogP contribution in [0.1, 0.15) is 0 Å². The second kappa shape index (κ2) is 17.9. The molecule has 8 heteroatoms. The average Bonchev–Trinajstić information content (AvgIpc) is 4.07. The molecule has 8 nitrogen and oxygen atoms in total. The van der Waals surface area contributed by atoms with Gasteiger partial charge in [-0.2, -0.15) is 0 Å². The van der Waals surface area contributed by atoms with Gasteiger partial charge in [0.2, 0.25) is 0 Å². The van der Waals surface area contributed by atoms with Crippen molar-refractivity contribution in [3.8, 4) is 96.3 Å². The molecule has 0 amide bonds. The van der Waals surface area contributed by atoms with Gasteiger partial charge >= 0.3 is 0 Å². The van der Waals surface area contributed by atoms with Crippen LogP contribution in [0.4, 0.5) is 0 Å². The van der Waals surface area contributed by atoms with Gasteiger partial charge in [0.1, 0.15) is 11.2 Å². The molecule has 0 radical (unpaired) electrons. The van der Waals surface area contributed by atoms with Crippen molar-refractivity contribution >= 4 is 43.7 Å². The Labute approximate surface area is 425 Å². The Morgan fingerprint density at radius 3 is 1.15 bits per heavy atom. The molecule has 0 aliphatic rings. The van der Waals surface area contributed by atoms with Crippen molar-refractivity contribution < 1.29 is 4.42 Å². The minimum Gasteiger partial charge on any atom is -0.455 e. The summed E-state index contributed by atoms with van der Waals surface area (Å²) in [5, 5.41) is 4.28. The van der Waals surface area contributed by atoms with Crippen molar-refractivity contribution in [2.45, 2.75) is 0 Å². The largest absolute Gasteiger partial charge is 0.455 e. The summed E-state index contributed by atoms with van der Waals surface area (Å²) in [4.78, 5) is 30.3. The molecule has 0 atom stereocenters. The van der Waals surface area contributed by atoms with Crippen LogP contribution in [0.5, 0.6) is 0 Å². The number of para-hydroxylation sites is 3. The first-order chi connectivity index (χ1) is 36.7. The number of hydrogen-bond donors (Lipinski definition) is 0. The van der Waals surface area contributed by atoms with Gasteiger partial charge in [-0.15, -0.1) is 0 Å². The van der Waals surface area contributed by atoms with Gasteiger partial charge < -0.3 is 8.98 Å². The monoisotopic (exact) mass is 947 g/mol. The molecule has 74 heavy (non-hydrogen) atoms. The Balaban J connectivity index is 0.994. The minimum absolute atomic E-state index is 0.578.